The molecule has 13 heavy (non-hydrogen) atoms. The third-order valence-electron chi connectivity index (χ3n) is 2.54. The van der Waals surface area contributed by atoms with Crippen LogP contribution in [-0.4, -0.2) is 5.88 Å². The smallest absolute Gasteiger partial charge is 0.0292 e. The van der Waals surface area contributed by atoms with Crippen molar-refractivity contribution in [2.45, 2.75) is 33.1 Å². The molecule has 0 aromatic heterocycles. The Morgan fingerprint density at radius 2 is 2.00 bits per heavy atom. The van der Waals surface area contributed by atoms with Gasteiger partial charge in [-0.3, -0.25) is 0 Å². The molecule has 0 saturated heterocycles. The van der Waals surface area contributed by atoms with Crippen LogP contribution in [0.2, 0.25) is 0 Å². The molecule has 1 heteroatoms. The third kappa shape index (κ3) is 2.47. The fourth-order valence-electron chi connectivity index (χ4n) is 1.70. The maximum absolute atomic E-state index is 5.91. The van der Waals surface area contributed by atoms with Crippen molar-refractivity contribution in [2.24, 2.45) is 0 Å². The fourth-order valence-corrected chi connectivity index (χ4v) is 2.08. The summed E-state index contributed by atoms with van der Waals surface area (Å²) >= 11 is 5.91. The van der Waals surface area contributed by atoms with Gasteiger partial charge in [-0.1, -0.05) is 30.7 Å². The first-order valence-electron chi connectivity index (χ1n) is 4.82. The Bertz CT molecular complexity index is 274. The van der Waals surface area contributed by atoms with Crippen molar-refractivity contribution in [3.05, 3.63) is 34.9 Å². The molecular formula is C12H17Cl. The zero-order chi connectivity index (χ0) is 9.84. The lowest BCUT2D eigenvalue weighted by Gasteiger charge is -2.14. The summed E-state index contributed by atoms with van der Waals surface area (Å²) in [5.41, 5.74) is 4.10. The van der Waals surface area contributed by atoms with Crippen molar-refractivity contribution in [3.8, 4) is 0 Å². The van der Waals surface area contributed by atoms with Crippen molar-refractivity contribution >= 4 is 11.6 Å². The Labute approximate surface area is 85.9 Å². The lowest BCUT2D eigenvalue weighted by Crippen LogP contribution is -2.01. The van der Waals surface area contributed by atoms with Crippen LogP contribution < -0.4 is 0 Å². The zero-order valence-electron chi connectivity index (χ0n) is 8.60. The van der Waals surface area contributed by atoms with Crippen LogP contribution >= 0.6 is 11.6 Å². The molecule has 0 spiro atoms. The summed E-state index contributed by atoms with van der Waals surface area (Å²) in [5, 5.41) is 0. The molecule has 1 aromatic rings. The standard InChI is InChI=1S/C12H17Cl/c1-4-11(8-13)12-6-5-9(2)7-10(12)3/h5-7,11H,4,8H2,1-3H3. The molecule has 0 nitrogen and oxygen atoms in total. The molecule has 0 aliphatic carbocycles. The molecule has 0 saturated carbocycles. The van der Waals surface area contributed by atoms with Gasteiger partial charge in [0, 0.05) is 5.88 Å². The van der Waals surface area contributed by atoms with E-state index in [0.717, 1.165) is 12.3 Å². The first kappa shape index (κ1) is 10.6. The molecule has 0 aliphatic rings. The first-order valence-corrected chi connectivity index (χ1v) is 5.35. The Hall–Kier alpha value is -0.490. The zero-order valence-corrected chi connectivity index (χ0v) is 9.36. The van der Waals surface area contributed by atoms with Crippen LogP contribution in [0.1, 0.15) is 36.0 Å². The molecular weight excluding hydrogens is 180 g/mol. The number of alkyl halides is 1. The minimum absolute atomic E-state index is 0.516. The SMILES string of the molecule is CCC(CCl)c1ccc(C)cc1C. The molecule has 1 aromatic carbocycles. The molecule has 0 radical (unpaired) electrons. The Balaban J connectivity index is 2.99. The highest BCUT2D eigenvalue weighted by Gasteiger charge is 2.09. The van der Waals surface area contributed by atoms with Crippen LogP contribution in [0, 0.1) is 13.8 Å². The second kappa shape index (κ2) is 4.66. The molecule has 0 aliphatic heterocycles. The minimum Gasteiger partial charge on any atom is -0.126 e. The summed E-state index contributed by atoms with van der Waals surface area (Å²) in [4.78, 5) is 0. The highest BCUT2D eigenvalue weighted by atomic mass is 35.5. The van der Waals surface area contributed by atoms with Crippen LogP contribution in [0.3, 0.4) is 0 Å². The summed E-state index contributed by atoms with van der Waals surface area (Å²) in [6.07, 6.45) is 1.12. The van der Waals surface area contributed by atoms with E-state index in [1.807, 2.05) is 0 Å². The van der Waals surface area contributed by atoms with E-state index in [1.54, 1.807) is 0 Å². The van der Waals surface area contributed by atoms with E-state index in [9.17, 15) is 0 Å². The minimum atomic E-state index is 0.516. The Kier molecular flexibility index (Phi) is 3.80. The van der Waals surface area contributed by atoms with Gasteiger partial charge in [0.2, 0.25) is 0 Å². The molecule has 1 unspecified atom stereocenters. The Morgan fingerprint density at radius 3 is 2.46 bits per heavy atom. The van der Waals surface area contributed by atoms with Crippen LogP contribution in [-0.2, 0) is 0 Å². The van der Waals surface area contributed by atoms with Crippen LogP contribution in [0.25, 0.3) is 0 Å². The van der Waals surface area contributed by atoms with Crippen molar-refractivity contribution in [1.82, 2.24) is 0 Å². The highest BCUT2D eigenvalue weighted by Crippen LogP contribution is 2.24. The van der Waals surface area contributed by atoms with E-state index in [1.165, 1.54) is 16.7 Å². The molecule has 0 fully saturated rings. The largest absolute Gasteiger partial charge is 0.126 e. The second-order valence-electron chi connectivity index (χ2n) is 3.62. The third-order valence-corrected chi connectivity index (χ3v) is 2.92. The quantitative estimate of drug-likeness (QED) is 0.641. The van der Waals surface area contributed by atoms with Crippen LogP contribution in [0.5, 0.6) is 0 Å². The van der Waals surface area contributed by atoms with Crippen molar-refractivity contribution in [1.29, 1.82) is 0 Å². The van der Waals surface area contributed by atoms with Gasteiger partial charge in [-0.05, 0) is 37.3 Å². The van der Waals surface area contributed by atoms with Crippen molar-refractivity contribution in [2.75, 3.05) is 5.88 Å². The van der Waals surface area contributed by atoms with Gasteiger partial charge in [0.15, 0.2) is 0 Å². The number of hydrogen-bond acceptors (Lipinski definition) is 0. The predicted molar refractivity (Wildman–Crippen MR) is 59.7 cm³/mol. The number of benzene rings is 1. The topological polar surface area (TPSA) is 0 Å². The molecule has 0 heterocycles. The van der Waals surface area contributed by atoms with E-state index in [-0.39, 0.29) is 0 Å². The predicted octanol–water partition coefficient (Wildman–Crippen LogP) is 4.04. The van der Waals surface area contributed by atoms with E-state index in [4.69, 9.17) is 11.6 Å². The number of hydrogen-bond donors (Lipinski definition) is 0. The van der Waals surface area contributed by atoms with E-state index in [0.29, 0.717) is 5.92 Å². The highest BCUT2D eigenvalue weighted by molar-refractivity contribution is 6.18. The molecule has 1 atom stereocenters. The van der Waals surface area contributed by atoms with E-state index >= 15 is 0 Å². The molecule has 0 bridgehead atoms. The van der Waals surface area contributed by atoms with Crippen molar-refractivity contribution < 1.29 is 0 Å². The lowest BCUT2D eigenvalue weighted by molar-refractivity contribution is 0.734. The molecule has 1 rings (SSSR count). The monoisotopic (exact) mass is 196 g/mol. The van der Waals surface area contributed by atoms with E-state index < -0.39 is 0 Å². The van der Waals surface area contributed by atoms with Gasteiger partial charge in [0.1, 0.15) is 0 Å². The van der Waals surface area contributed by atoms with Gasteiger partial charge >= 0.3 is 0 Å². The average Bonchev–Trinajstić information content (AvgIpc) is 2.10. The number of aryl methyl sites for hydroxylation is 2. The maximum atomic E-state index is 5.91. The summed E-state index contributed by atoms with van der Waals surface area (Å²) in [7, 11) is 0. The molecule has 0 N–H and O–H groups in total. The van der Waals surface area contributed by atoms with Crippen molar-refractivity contribution in [3.63, 3.8) is 0 Å². The van der Waals surface area contributed by atoms with Gasteiger partial charge in [0.25, 0.3) is 0 Å². The summed E-state index contributed by atoms with van der Waals surface area (Å²) in [5.74, 6) is 1.24. The van der Waals surface area contributed by atoms with Gasteiger partial charge in [0.05, 0.1) is 0 Å². The summed E-state index contributed by atoms with van der Waals surface area (Å²) < 4.78 is 0. The van der Waals surface area contributed by atoms with Gasteiger partial charge < -0.3 is 0 Å². The molecule has 72 valence electrons. The summed E-state index contributed by atoms with van der Waals surface area (Å²) in [6.45, 7) is 6.47. The first-order chi connectivity index (χ1) is 6.19. The average molecular weight is 197 g/mol. The molecule has 0 amide bonds. The number of rotatable bonds is 3. The normalized spacial score (nSPS) is 12.9. The van der Waals surface area contributed by atoms with Gasteiger partial charge in [-0.15, -0.1) is 11.6 Å². The Morgan fingerprint density at radius 1 is 1.31 bits per heavy atom. The number of halogens is 1. The summed E-state index contributed by atoms with van der Waals surface area (Å²) in [6, 6.07) is 6.60. The van der Waals surface area contributed by atoms with Crippen LogP contribution in [0.15, 0.2) is 18.2 Å². The lowest BCUT2D eigenvalue weighted by atomic mass is 9.93. The van der Waals surface area contributed by atoms with Gasteiger partial charge in [-0.2, -0.15) is 0 Å². The van der Waals surface area contributed by atoms with Gasteiger partial charge in [-0.25, -0.2) is 0 Å². The maximum Gasteiger partial charge on any atom is 0.0292 e. The van der Waals surface area contributed by atoms with Crippen LogP contribution in [0.4, 0.5) is 0 Å². The fraction of sp³-hybridized carbons (Fsp3) is 0.500. The van der Waals surface area contributed by atoms with E-state index in [2.05, 4.69) is 39.0 Å². The second-order valence-corrected chi connectivity index (χ2v) is 3.93.